The molecule has 0 aliphatic carbocycles. The lowest BCUT2D eigenvalue weighted by atomic mass is 10.1. The summed E-state index contributed by atoms with van der Waals surface area (Å²) in [6, 6.07) is 16.0. The third-order valence-electron chi connectivity index (χ3n) is 3.55. The van der Waals surface area contributed by atoms with Crippen molar-refractivity contribution in [2.75, 3.05) is 5.32 Å². The molecule has 1 aromatic heterocycles. The molecule has 0 atom stereocenters. The van der Waals surface area contributed by atoms with Gasteiger partial charge in [0.05, 0.1) is 17.8 Å². The minimum absolute atomic E-state index is 0.640. The molecule has 3 aromatic rings. The molecule has 23 heavy (non-hydrogen) atoms. The van der Waals surface area contributed by atoms with Crippen molar-refractivity contribution in [3.63, 3.8) is 0 Å². The molecule has 0 fully saturated rings. The van der Waals surface area contributed by atoms with Gasteiger partial charge in [0.1, 0.15) is 0 Å². The number of nitrogens with zero attached hydrogens (tertiary/aromatic N) is 3. The van der Waals surface area contributed by atoms with Gasteiger partial charge >= 0.3 is 0 Å². The topological polar surface area (TPSA) is 53.6 Å². The third kappa shape index (κ3) is 3.61. The Morgan fingerprint density at radius 1 is 1.22 bits per heavy atom. The van der Waals surface area contributed by atoms with Gasteiger partial charge in [-0.25, -0.2) is 0 Å². The minimum Gasteiger partial charge on any atom is -0.380 e. The molecule has 1 heterocycles. The van der Waals surface area contributed by atoms with Gasteiger partial charge in [0.2, 0.25) is 0 Å². The smallest absolute Gasteiger partial charge is 0.0992 e. The van der Waals surface area contributed by atoms with E-state index in [4.69, 9.17) is 5.26 Å². The van der Waals surface area contributed by atoms with Crippen LogP contribution >= 0.6 is 15.9 Å². The van der Waals surface area contributed by atoms with Gasteiger partial charge in [0.25, 0.3) is 0 Å². The van der Waals surface area contributed by atoms with Crippen molar-refractivity contribution in [3.05, 3.63) is 70.5 Å². The van der Waals surface area contributed by atoms with Crippen molar-refractivity contribution in [2.24, 2.45) is 7.05 Å². The number of aromatic nitrogens is 2. The van der Waals surface area contributed by atoms with E-state index in [1.807, 2.05) is 37.6 Å². The van der Waals surface area contributed by atoms with Crippen molar-refractivity contribution in [2.45, 2.75) is 6.54 Å². The Morgan fingerprint density at radius 2 is 2.09 bits per heavy atom. The van der Waals surface area contributed by atoms with Crippen LogP contribution in [0.1, 0.15) is 11.1 Å². The van der Waals surface area contributed by atoms with E-state index >= 15 is 0 Å². The first-order valence-corrected chi connectivity index (χ1v) is 7.96. The molecule has 0 saturated carbocycles. The van der Waals surface area contributed by atoms with Gasteiger partial charge in [-0.15, -0.1) is 0 Å². The van der Waals surface area contributed by atoms with Crippen LogP contribution in [0.3, 0.4) is 0 Å². The molecule has 0 bridgehead atoms. The maximum Gasteiger partial charge on any atom is 0.0992 e. The molecule has 4 nitrogen and oxygen atoms in total. The first kappa shape index (κ1) is 15.3. The summed E-state index contributed by atoms with van der Waals surface area (Å²) in [5.41, 5.74) is 5.05. The van der Waals surface area contributed by atoms with Gasteiger partial charge in [-0.3, -0.25) is 4.68 Å². The van der Waals surface area contributed by atoms with Crippen LogP contribution < -0.4 is 5.32 Å². The molecule has 0 radical (unpaired) electrons. The number of nitriles is 1. The second-order valence-corrected chi connectivity index (χ2v) is 6.12. The molecule has 0 unspecified atom stereocenters. The summed E-state index contributed by atoms with van der Waals surface area (Å²) in [5, 5.41) is 16.5. The summed E-state index contributed by atoms with van der Waals surface area (Å²) in [5.74, 6) is 0. The highest BCUT2D eigenvalue weighted by atomic mass is 79.9. The highest BCUT2D eigenvalue weighted by molar-refractivity contribution is 9.10. The van der Waals surface area contributed by atoms with Gasteiger partial charge in [-0.05, 0) is 51.3 Å². The highest BCUT2D eigenvalue weighted by Gasteiger charge is 2.04. The summed E-state index contributed by atoms with van der Waals surface area (Å²) in [6.07, 6.45) is 3.87. The Morgan fingerprint density at radius 3 is 2.78 bits per heavy atom. The van der Waals surface area contributed by atoms with Crippen molar-refractivity contribution < 1.29 is 0 Å². The van der Waals surface area contributed by atoms with E-state index in [0.717, 1.165) is 21.3 Å². The number of anilines is 1. The Labute approximate surface area is 143 Å². The fourth-order valence-corrected chi connectivity index (χ4v) is 2.88. The summed E-state index contributed by atoms with van der Waals surface area (Å²) in [6.45, 7) is 0.707. The Hall–Kier alpha value is -2.58. The molecule has 0 aliphatic rings. The minimum atomic E-state index is 0.640. The van der Waals surface area contributed by atoms with E-state index in [1.54, 1.807) is 10.7 Å². The zero-order valence-corrected chi connectivity index (χ0v) is 14.2. The molecule has 1 N–H and O–H groups in total. The number of benzene rings is 2. The van der Waals surface area contributed by atoms with E-state index < -0.39 is 0 Å². The lowest BCUT2D eigenvalue weighted by Crippen LogP contribution is -2.00. The second-order valence-electron chi connectivity index (χ2n) is 5.26. The largest absolute Gasteiger partial charge is 0.380 e. The highest BCUT2D eigenvalue weighted by Crippen LogP contribution is 2.25. The predicted octanol–water partition coefficient (Wildman–Crippen LogP) is 4.33. The number of halogens is 1. The van der Waals surface area contributed by atoms with E-state index in [2.05, 4.69) is 50.6 Å². The van der Waals surface area contributed by atoms with Gasteiger partial charge < -0.3 is 5.32 Å². The molecule has 0 amide bonds. The number of hydrogen-bond acceptors (Lipinski definition) is 3. The van der Waals surface area contributed by atoms with Crippen LogP contribution in [0.25, 0.3) is 11.1 Å². The van der Waals surface area contributed by atoms with Gasteiger partial charge in [-0.1, -0.05) is 18.2 Å². The third-order valence-corrected chi connectivity index (χ3v) is 4.20. The second kappa shape index (κ2) is 6.67. The van der Waals surface area contributed by atoms with Crippen LogP contribution in [0.5, 0.6) is 0 Å². The fourth-order valence-electron chi connectivity index (χ4n) is 2.36. The molecule has 2 aromatic carbocycles. The van der Waals surface area contributed by atoms with Gasteiger partial charge in [0, 0.05) is 35.5 Å². The van der Waals surface area contributed by atoms with Crippen molar-refractivity contribution in [1.29, 1.82) is 5.26 Å². The van der Waals surface area contributed by atoms with E-state index in [9.17, 15) is 0 Å². The van der Waals surface area contributed by atoms with E-state index in [-0.39, 0.29) is 0 Å². The maximum absolute atomic E-state index is 8.90. The first-order valence-electron chi connectivity index (χ1n) is 7.17. The van der Waals surface area contributed by atoms with Crippen LogP contribution in [0.2, 0.25) is 0 Å². The molecule has 0 saturated heterocycles. The Bertz CT molecular complexity index is 877. The van der Waals surface area contributed by atoms with E-state index in [1.165, 1.54) is 5.56 Å². The number of rotatable bonds is 4. The lowest BCUT2D eigenvalue weighted by molar-refractivity contribution is 0.768. The average molecular weight is 367 g/mol. The molecular formula is C18H15BrN4. The number of aryl methyl sites for hydroxylation is 1. The monoisotopic (exact) mass is 366 g/mol. The first-order chi connectivity index (χ1) is 11.2. The Kier molecular flexibility index (Phi) is 4.45. The van der Waals surface area contributed by atoms with Crippen molar-refractivity contribution in [1.82, 2.24) is 9.78 Å². The average Bonchev–Trinajstić information content (AvgIpc) is 3.00. The number of nitrogens with one attached hydrogen (secondary N) is 1. The number of hydrogen-bond donors (Lipinski definition) is 1. The van der Waals surface area contributed by atoms with Crippen molar-refractivity contribution >= 4 is 21.6 Å². The van der Waals surface area contributed by atoms with Crippen LogP contribution in [0.4, 0.5) is 5.69 Å². The zero-order valence-electron chi connectivity index (χ0n) is 12.6. The molecule has 114 valence electrons. The van der Waals surface area contributed by atoms with Gasteiger partial charge in [0.15, 0.2) is 0 Å². The molecule has 0 spiro atoms. The predicted molar refractivity (Wildman–Crippen MR) is 94.8 cm³/mol. The maximum atomic E-state index is 8.90. The normalized spacial score (nSPS) is 10.3. The van der Waals surface area contributed by atoms with Crippen LogP contribution in [0.15, 0.2) is 59.3 Å². The Balaban J connectivity index is 1.75. The van der Waals surface area contributed by atoms with Gasteiger partial charge in [-0.2, -0.15) is 10.4 Å². The summed E-state index contributed by atoms with van der Waals surface area (Å²) >= 11 is 3.49. The van der Waals surface area contributed by atoms with Crippen molar-refractivity contribution in [3.8, 4) is 17.2 Å². The SMILES string of the molecule is Cn1cc(-c2cccc(CNc3ccc(C#N)cc3Br)c2)cn1. The zero-order chi connectivity index (χ0) is 16.2. The molecular weight excluding hydrogens is 352 g/mol. The van der Waals surface area contributed by atoms with Crippen LogP contribution in [-0.2, 0) is 13.6 Å². The summed E-state index contributed by atoms with van der Waals surface area (Å²) in [4.78, 5) is 0. The standard InChI is InChI=1S/C18H15BrN4/c1-23-12-16(11-22-23)15-4-2-3-14(7-15)10-21-18-6-5-13(9-20)8-17(18)19/h2-8,11-12,21H,10H2,1H3. The quantitative estimate of drug-likeness (QED) is 0.747. The summed E-state index contributed by atoms with van der Waals surface area (Å²) < 4.78 is 2.69. The lowest BCUT2D eigenvalue weighted by Gasteiger charge is -2.10. The van der Waals surface area contributed by atoms with Crippen LogP contribution in [0, 0.1) is 11.3 Å². The molecule has 5 heteroatoms. The van der Waals surface area contributed by atoms with Crippen LogP contribution in [-0.4, -0.2) is 9.78 Å². The fraction of sp³-hybridized carbons (Fsp3) is 0.111. The van der Waals surface area contributed by atoms with E-state index in [0.29, 0.717) is 12.1 Å². The molecule has 0 aliphatic heterocycles. The molecule has 3 rings (SSSR count). The summed E-state index contributed by atoms with van der Waals surface area (Å²) in [7, 11) is 1.91.